The Morgan fingerprint density at radius 3 is 1.65 bits per heavy atom. The molecular weight excluding hydrogens is 1220 g/mol. The molecule has 4 aliphatic rings. The van der Waals surface area contributed by atoms with Gasteiger partial charge in [0.2, 0.25) is 6.10 Å². The molecule has 0 aromatic heterocycles. The second-order valence-electron chi connectivity index (χ2n) is 29.5. The van der Waals surface area contributed by atoms with E-state index < -0.39 is 126 Å². The van der Waals surface area contributed by atoms with E-state index in [1.165, 1.54) is 77.0 Å². The molecule has 1 saturated heterocycles. The minimum absolute atomic E-state index is 0.0836. The van der Waals surface area contributed by atoms with Crippen LogP contribution in [0, 0.1) is 22.7 Å². The molecule has 1 aromatic carbocycles. The lowest BCUT2D eigenvalue weighted by molar-refractivity contribution is -0.226. The number of hydrogen-bond acceptors (Lipinski definition) is 17. The second kappa shape index (κ2) is 41.9. The molecule has 18 nitrogen and oxygen atoms in total. The Hall–Kier alpha value is -5.43. The van der Waals surface area contributed by atoms with Gasteiger partial charge >= 0.3 is 35.9 Å². The molecule has 3 aliphatic carbocycles. The number of carbonyl (C=O) groups excluding carboxylic acids is 7. The maximum atomic E-state index is 15.1. The van der Waals surface area contributed by atoms with Crippen LogP contribution in [0.4, 0.5) is 4.79 Å². The molecule has 0 spiro atoms. The Labute approximate surface area is 574 Å². The largest absolute Gasteiger partial charge is 0.462 e. The first kappa shape index (κ1) is 81.2. The van der Waals surface area contributed by atoms with E-state index in [1.807, 2.05) is 0 Å². The fraction of sp³-hybridized carbons (Fsp3) is 0.756. The Balaban J connectivity index is 1.23. The van der Waals surface area contributed by atoms with Crippen LogP contribution in [0.15, 0.2) is 65.8 Å². The third kappa shape index (κ3) is 26.0. The predicted molar refractivity (Wildman–Crippen MR) is 370 cm³/mol. The second-order valence-corrected chi connectivity index (χ2v) is 29.5. The molecule has 0 radical (unpaired) electrons. The van der Waals surface area contributed by atoms with Gasteiger partial charge in [0.15, 0.2) is 11.9 Å². The van der Waals surface area contributed by atoms with Crippen molar-refractivity contribution in [1.82, 2.24) is 5.32 Å². The molecule has 1 aromatic rings. The van der Waals surface area contributed by atoms with Crippen LogP contribution in [0.25, 0.3) is 0 Å². The van der Waals surface area contributed by atoms with E-state index >= 15 is 4.79 Å². The Bertz CT molecular complexity index is 2640. The highest BCUT2D eigenvalue weighted by molar-refractivity contribution is 5.93. The third-order valence-corrected chi connectivity index (χ3v) is 20.5. The van der Waals surface area contributed by atoms with Gasteiger partial charge in [-0.25, -0.2) is 9.59 Å². The number of amides is 1. The minimum atomic E-state index is -1.95. The van der Waals surface area contributed by atoms with E-state index in [2.05, 4.69) is 43.5 Å². The number of unbranched alkanes of at least 4 members (excludes halogenated alkanes) is 22. The Morgan fingerprint density at radius 1 is 0.656 bits per heavy atom. The molecule has 3 fully saturated rings. The fourth-order valence-electron chi connectivity index (χ4n) is 14.4. The van der Waals surface area contributed by atoms with E-state index in [9.17, 15) is 44.1 Å². The van der Waals surface area contributed by atoms with Crippen molar-refractivity contribution in [1.29, 1.82) is 0 Å². The number of ether oxygens (including phenoxy) is 7. The van der Waals surface area contributed by atoms with E-state index in [1.54, 1.807) is 78.8 Å². The highest BCUT2D eigenvalue weighted by atomic mass is 16.6. The number of alkyl carbamates (subject to hydrolysis) is 1. The summed E-state index contributed by atoms with van der Waals surface area (Å²) in [5.41, 5.74) is -4.59. The first-order valence-corrected chi connectivity index (χ1v) is 37.1. The molecule has 1 aliphatic heterocycles. The van der Waals surface area contributed by atoms with E-state index in [0.717, 1.165) is 77.0 Å². The number of aliphatic hydroxyl groups excluding tert-OH is 2. The minimum Gasteiger partial charge on any atom is -0.462 e. The van der Waals surface area contributed by atoms with Crippen molar-refractivity contribution < 1.29 is 82.0 Å². The molecule has 2 saturated carbocycles. The summed E-state index contributed by atoms with van der Waals surface area (Å²) in [6.07, 6.45) is 29.0. The van der Waals surface area contributed by atoms with Gasteiger partial charge in [0, 0.05) is 37.0 Å². The van der Waals surface area contributed by atoms with Crippen LogP contribution in [0.3, 0.4) is 0 Å². The Morgan fingerprint density at radius 2 is 1.14 bits per heavy atom. The first-order valence-electron chi connectivity index (χ1n) is 37.1. The maximum Gasteiger partial charge on any atom is 0.408 e. The number of allylic oxidation sites excluding steroid dienone is 4. The predicted octanol–water partition coefficient (Wildman–Crippen LogP) is 15.5. The number of hydrogen-bond donors (Lipinski definition) is 4. The number of ketones is 1. The van der Waals surface area contributed by atoms with E-state index in [4.69, 9.17) is 33.2 Å². The van der Waals surface area contributed by atoms with Crippen molar-refractivity contribution in [2.24, 2.45) is 22.7 Å². The quantitative estimate of drug-likeness (QED) is 0.0205. The summed E-state index contributed by atoms with van der Waals surface area (Å²) in [6, 6.07) is 6.76. The van der Waals surface area contributed by atoms with Crippen molar-refractivity contribution in [3.63, 3.8) is 0 Å². The smallest absolute Gasteiger partial charge is 0.408 e. The number of esters is 5. The summed E-state index contributed by atoms with van der Waals surface area (Å²) < 4.78 is 40.6. The van der Waals surface area contributed by atoms with Crippen molar-refractivity contribution in [3.8, 4) is 0 Å². The first-order chi connectivity index (χ1) is 45.9. The maximum absolute atomic E-state index is 15.1. The van der Waals surface area contributed by atoms with Gasteiger partial charge in [-0.3, -0.25) is 24.0 Å². The van der Waals surface area contributed by atoms with Gasteiger partial charge in [-0.05, 0) is 134 Å². The van der Waals surface area contributed by atoms with Crippen molar-refractivity contribution in [2.75, 3.05) is 19.8 Å². The van der Waals surface area contributed by atoms with Crippen LogP contribution < -0.4 is 5.32 Å². The topological polar surface area (TPSA) is 257 Å². The summed E-state index contributed by atoms with van der Waals surface area (Å²) in [5, 5.41) is 39.5. The SMILES string of the molecule is CCCCCCCC/C=C\CCCCCCCC(=O)OCC(COC(=O)CCC(=O)O[C@@H](C(=O)O[C@H]1CC2(O)CC[C@@H]3[C@@H]4CO[C@@H]4C[C@H](O)[C@@]3(C)C(=O)[C@H](O)C(=C1C)C2(C)C)C(NC(=O)OC(C)(C)C)c1ccccc1)OC(=O)CCCCCCC/C=C\CCCCCCCC. The lowest BCUT2D eigenvalue weighted by atomic mass is 9.55. The van der Waals surface area contributed by atoms with Gasteiger partial charge in [-0.15, -0.1) is 0 Å². The molecule has 1 amide bonds. The van der Waals surface area contributed by atoms with Crippen molar-refractivity contribution >= 4 is 41.7 Å². The van der Waals surface area contributed by atoms with Gasteiger partial charge in [-0.1, -0.05) is 185 Å². The van der Waals surface area contributed by atoms with E-state index in [-0.39, 0.29) is 68.3 Å². The lowest BCUT2D eigenvalue weighted by Gasteiger charge is -2.56. The number of fused-ring (bicyclic) bond motifs is 5. The zero-order valence-corrected chi connectivity index (χ0v) is 60.1. The fourth-order valence-corrected chi connectivity index (χ4v) is 14.4. The normalized spacial score (nSPS) is 24.1. The number of carbonyl (C=O) groups is 7. The molecule has 5 rings (SSSR count). The summed E-state index contributed by atoms with van der Waals surface area (Å²) >= 11 is 0. The molecular formula is C78H123NO17. The summed E-state index contributed by atoms with van der Waals surface area (Å²) in [5.74, 6) is -5.25. The zero-order chi connectivity index (χ0) is 70.2. The average Bonchev–Trinajstić information content (AvgIpc) is 1.38. The number of rotatable bonds is 44. The van der Waals surface area contributed by atoms with Crippen LogP contribution in [0.2, 0.25) is 0 Å². The van der Waals surface area contributed by atoms with Crippen LogP contribution in [0.1, 0.15) is 292 Å². The Kier molecular flexibility index (Phi) is 35.4. The van der Waals surface area contributed by atoms with Crippen LogP contribution >= 0.6 is 0 Å². The summed E-state index contributed by atoms with van der Waals surface area (Å²) in [7, 11) is 0. The van der Waals surface area contributed by atoms with Gasteiger partial charge < -0.3 is 53.8 Å². The highest BCUT2D eigenvalue weighted by Crippen LogP contribution is 2.59. The van der Waals surface area contributed by atoms with Crippen LogP contribution in [0.5, 0.6) is 0 Å². The summed E-state index contributed by atoms with van der Waals surface area (Å²) in [6.45, 7) is 15.7. The number of aliphatic hydroxyl groups is 3. The molecule has 96 heavy (non-hydrogen) atoms. The summed E-state index contributed by atoms with van der Waals surface area (Å²) in [4.78, 5) is 97.5. The number of Topliss-reactive ketones (excluding diaryl/α,β-unsaturated/α-hetero) is 1. The van der Waals surface area contributed by atoms with Gasteiger partial charge in [0.25, 0.3) is 0 Å². The molecule has 1 heterocycles. The molecule has 3 unspecified atom stereocenters. The lowest BCUT2D eigenvalue weighted by Crippen LogP contribution is -2.63. The molecule has 11 atom stereocenters. The standard InChI is InChI=1S/C78H123NO17/c1-10-12-14-16-18-20-22-24-26-28-30-32-34-36-41-45-64(81)91-53-58(93-66(83)46-42-37-35-33-31-29-27-25-23-21-19-17-15-13-11-2)54-92-65(82)47-48-67(84)95-71(69(57-43-39-38-40-44-57)79-74(88)96-75(4,5)6)73(87)94-62-52-78(89)50-49-60-59-55-90-61(59)51-63(80)77(60,9)72(86)70(85)68(56(62)3)76(78,7)8/h24-27,38-40,43-44,58-63,69-71,80,85,89H,10-23,28-37,41-42,45-55H2,1-9H3,(H,79,88)/b26-24-,27-25-/t58?,59-,60+,61+,62-,63-,69?,70+,71+,77-,78?/m0/s1. The number of nitrogens with one attached hydrogen (secondary N) is 1. The van der Waals surface area contributed by atoms with Gasteiger partial charge in [0.1, 0.15) is 37.1 Å². The third-order valence-electron chi connectivity index (χ3n) is 20.5. The molecule has 4 N–H and O–H groups in total. The van der Waals surface area contributed by atoms with Crippen molar-refractivity contribution in [2.45, 2.75) is 334 Å². The number of benzene rings is 1. The molecule has 18 heteroatoms. The monoisotopic (exact) mass is 1350 g/mol. The van der Waals surface area contributed by atoms with Crippen LogP contribution in [-0.4, -0.2) is 125 Å². The van der Waals surface area contributed by atoms with E-state index in [0.29, 0.717) is 25.0 Å². The van der Waals surface area contributed by atoms with Gasteiger partial charge in [0.05, 0.1) is 42.7 Å². The molecule has 2 bridgehead atoms. The average molecular weight is 1350 g/mol. The molecule has 542 valence electrons. The highest BCUT2D eigenvalue weighted by Gasteiger charge is 2.64. The van der Waals surface area contributed by atoms with Crippen LogP contribution in [-0.2, 0) is 61.9 Å². The zero-order valence-electron chi connectivity index (χ0n) is 60.1. The van der Waals surface area contributed by atoms with Gasteiger partial charge in [-0.2, -0.15) is 0 Å². The van der Waals surface area contributed by atoms with Crippen molar-refractivity contribution in [3.05, 3.63) is 71.3 Å².